The number of esters is 1. The van der Waals surface area contributed by atoms with Crippen LogP contribution in [0.3, 0.4) is 0 Å². The maximum Gasteiger partial charge on any atom is 0.343 e. The molecule has 0 radical (unpaired) electrons. The van der Waals surface area contributed by atoms with Gasteiger partial charge in [0.25, 0.3) is 5.91 Å². The molecular formula is C23H19N3O4. The Bertz CT molecular complexity index is 1080. The average molecular weight is 401 g/mol. The van der Waals surface area contributed by atoms with Crippen molar-refractivity contribution in [2.24, 2.45) is 5.10 Å². The third-order valence-electron chi connectivity index (χ3n) is 3.93. The number of carbonyl (C=O) groups excluding carboxylic acids is 3. The molecule has 0 saturated heterocycles. The second-order valence-corrected chi connectivity index (χ2v) is 6.29. The molecule has 0 aliphatic carbocycles. The fourth-order valence-electron chi connectivity index (χ4n) is 2.54. The van der Waals surface area contributed by atoms with Gasteiger partial charge in [-0.05, 0) is 54.1 Å². The van der Waals surface area contributed by atoms with Crippen molar-refractivity contribution in [3.8, 4) is 5.75 Å². The predicted octanol–water partition coefficient (Wildman–Crippen LogP) is 3.63. The highest BCUT2D eigenvalue weighted by atomic mass is 16.5. The minimum atomic E-state index is -0.458. The molecule has 7 nitrogen and oxygen atoms in total. The van der Waals surface area contributed by atoms with E-state index in [1.165, 1.54) is 13.1 Å². The van der Waals surface area contributed by atoms with Crippen LogP contribution in [0.25, 0.3) is 0 Å². The molecule has 2 N–H and O–H groups in total. The van der Waals surface area contributed by atoms with Gasteiger partial charge in [-0.3, -0.25) is 9.59 Å². The van der Waals surface area contributed by atoms with Crippen LogP contribution in [-0.2, 0) is 4.79 Å². The molecule has 7 heteroatoms. The number of nitrogens with zero attached hydrogens (tertiary/aromatic N) is 1. The Kier molecular flexibility index (Phi) is 6.68. The van der Waals surface area contributed by atoms with E-state index in [0.717, 1.165) is 0 Å². The first-order chi connectivity index (χ1) is 14.5. The summed E-state index contributed by atoms with van der Waals surface area (Å²) in [4.78, 5) is 35.3. The summed E-state index contributed by atoms with van der Waals surface area (Å²) < 4.78 is 5.36. The number of anilines is 1. The molecule has 150 valence electrons. The van der Waals surface area contributed by atoms with Gasteiger partial charge >= 0.3 is 5.97 Å². The molecular weight excluding hydrogens is 382 g/mol. The summed E-state index contributed by atoms with van der Waals surface area (Å²) >= 11 is 0. The minimum Gasteiger partial charge on any atom is -0.423 e. The molecule has 3 aromatic carbocycles. The van der Waals surface area contributed by atoms with Crippen molar-refractivity contribution in [1.29, 1.82) is 0 Å². The molecule has 0 atom stereocenters. The zero-order valence-electron chi connectivity index (χ0n) is 16.2. The second kappa shape index (κ2) is 9.79. The van der Waals surface area contributed by atoms with E-state index in [2.05, 4.69) is 15.8 Å². The first-order valence-corrected chi connectivity index (χ1v) is 9.09. The Morgan fingerprint density at radius 2 is 1.60 bits per heavy atom. The van der Waals surface area contributed by atoms with Crippen molar-refractivity contribution in [1.82, 2.24) is 5.43 Å². The molecule has 3 aromatic rings. The number of ether oxygens (including phenoxy) is 1. The Morgan fingerprint density at radius 3 is 2.30 bits per heavy atom. The van der Waals surface area contributed by atoms with Crippen molar-refractivity contribution in [2.75, 3.05) is 5.32 Å². The Labute approximate surface area is 173 Å². The number of nitrogens with one attached hydrogen (secondary N) is 2. The summed E-state index contributed by atoms with van der Waals surface area (Å²) in [7, 11) is 0. The lowest BCUT2D eigenvalue weighted by molar-refractivity contribution is -0.114. The summed E-state index contributed by atoms with van der Waals surface area (Å²) in [6.07, 6.45) is 1.45. The van der Waals surface area contributed by atoms with Crippen LogP contribution in [0.2, 0.25) is 0 Å². The largest absolute Gasteiger partial charge is 0.423 e. The standard InChI is InChI=1S/C23H19N3O4/c1-16(27)25-20-12-10-18(11-13-20)22(28)26-24-15-17-6-5-9-21(14-17)30-23(29)19-7-3-2-4-8-19/h2-15H,1H3,(H,25,27)(H,26,28)/b24-15+. The van der Waals surface area contributed by atoms with Gasteiger partial charge in [-0.15, -0.1) is 0 Å². The van der Waals surface area contributed by atoms with Crippen molar-refractivity contribution >= 4 is 29.7 Å². The molecule has 0 saturated carbocycles. The molecule has 0 aromatic heterocycles. The van der Waals surface area contributed by atoms with E-state index in [0.29, 0.717) is 28.1 Å². The van der Waals surface area contributed by atoms with Crippen molar-refractivity contribution in [3.63, 3.8) is 0 Å². The van der Waals surface area contributed by atoms with E-state index in [9.17, 15) is 14.4 Å². The van der Waals surface area contributed by atoms with E-state index < -0.39 is 11.9 Å². The number of benzene rings is 3. The Hall–Kier alpha value is -4.26. The highest BCUT2D eigenvalue weighted by Crippen LogP contribution is 2.14. The van der Waals surface area contributed by atoms with Crippen LogP contribution in [0, 0.1) is 0 Å². The normalized spacial score (nSPS) is 10.4. The van der Waals surface area contributed by atoms with Gasteiger partial charge in [0.1, 0.15) is 5.75 Å². The van der Waals surface area contributed by atoms with Crippen LogP contribution < -0.4 is 15.5 Å². The Morgan fingerprint density at radius 1 is 0.867 bits per heavy atom. The number of hydrogen-bond donors (Lipinski definition) is 2. The predicted molar refractivity (Wildman–Crippen MR) is 114 cm³/mol. The monoisotopic (exact) mass is 401 g/mol. The number of hydrazone groups is 1. The smallest absolute Gasteiger partial charge is 0.343 e. The number of rotatable bonds is 6. The quantitative estimate of drug-likeness (QED) is 0.285. The van der Waals surface area contributed by atoms with Crippen molar-refractivity contribution < 1.29 is 19.1 Å². The van der Waals surface area contributed by atoms with Gasteiger partial charge < -0.3 is 10.1 Å². The first kappa shape index (κ1) is 20.5. The molecule has 30 heavy (non-hydrogen) atoms. The zero-order valence-corrected chi connectivity index (χ0v) is 16.2. The van der Waals surface area contributed by atoms with Crippen molar-refractivity contribution in [2.45, 2.75) is 6.92 Å². The van der Waals surface area contributed by atoms with Gasteiger partial charge in [0.2, 0.25) is 5.91 Å². The first-order valence-electron chi connectivity index (χ1n) is 9.09. The molecule has 2 amide bonds. The molecule has 0 aliphatic heterocycles. The lowest BCUT2D eigenvalue weighted by Gasteiger charge is -2.05. The fourth-order valence-corrected chi connectivity index (χ4v) is 2.54. The molecule has 0 bridgehead atoms. The van der Waals surface area contributed by atoms with E-state index in [1.54, 1.807) is 72.8 Å². The van der Waals surface area contributed by atoms with Gasteiger partial charge in [-0.25, -0.2) is 10.2 Å². The molecule has 0 heterocycles. The highest BCUT2D eigenvalue weighted by molar-refractivity contribution is 5.96. The number of hydrogen-bond acceptors (Lipinski definition) is 5. The van der Waals surface area contributed by atoms with Crippen LogP contribution in [0.4, 0.5) is 5.69 Å². The van der Waals surface area contributed by atoms with Gasteiger partial charge in [-0.1, -0.05) is 30.3 Å². The molecule has 0 spiro atoms. The molecule has 0 aliphatic rings. The van der Waals surface area contributed by atoms with Crippen LogP contribution >= 0.6 is 0 Å². The summed E-state index contributed by atoms with van der Waals surface area (Å²) in [5, 5.41) is 6.56. The maximum absolute atomic E-state index is 12.2. The van der Waals surface area contributed by atoms with Gasteiger partial charge in [0.15, 0.2) is 0 Å². The number of amides is 2. The van der Waals surface area contributed by atoms with Crippen LogP contribution in [-0.4, -0.2) is 24.0 Å². The summed E-state index contributed by atoms with van der Waals surface area (Å²) in [6, 6.07) is 21.9. The summed E-state index contributed by atoms with van der Waals surface area (Å²) in [5.74, 6) is -0.672. The summed E-state index contributed by atoms with van der Waals surface area (Å²) in [5.41, 5.74) is 4.53. The topological polar surface area (TPSA) is 96.9 Å². The van der Waals surface area contributed by atoms with E-state index in [4.69, 9.17) is 4.74 Å². The minimum absolute atomic E-state index is 0.187. The molecule has 0 unspecified atom stereocenters. The zero-order chi connectivity index (χ0) is 21.3. The Balaban J connectivity index is 1.58. The SMILES string of the molecule is CC(=O)Nc1ccc(C(=O)N/N=C/c2cccc(OC(=O)c3ccccc3)c2)cc1. The fraction of sp³-hybridized carbons (Fsp3) is 0.0435. The lowest BCUT2D eigenvalue weighted by Crippen LogP contribution is -2.17. The third kappa shape index (κ3) is 5.87. The molecule has 0 fully saturated rings. The third-order valence-corrected chi connectivity index (χ3v) is 3.93. The van der Waals surface area contributed by atoms with E-state index >= 15 is 0 Å². The maximum atomic E-state index is 12.2. The van der Waals surface area contributed by atoms with Crippen LogP contribution in [0.15, 0.2) is 84.0 Å². The van der Waals surface area contributed by atoms with Gasteiger partial charge in [-0.2, -0.15) is 5.10 Å². The van der Waals surface area contributed by atoms with Crippen LogP contribution in [0.1, 0.15) is 33.2 Å². The van der Waals surface area contributed by atoms with Gasteiger partial charge in [0.05, 0.1) is 11.8 Å². The second-order valence-electron chi connectivity index (χ2n) is 6.29. The van der Waals surface area contributed by atoms with Crippen molar-refractivity contribution in [3.05, 3.63) is 95.6 Å². The van der Waals surface area contributed by atoms with Crippen LogP contribution in [0.5, 0.6) is 5.75 Å². The highest BCUT2D eigenvalue weighted by Gasteiger charge is 2.08. The molecule has 3 rings (SSSR count). The van der Waals surface area contributed by atoms with Gasteiger partial charge in [0, 0.05) is 18.2 Å². The van der Waals surface area contributed by atoms with E-state index in [-0.39, 0.29) is 5.91 Å². The number of carbonyl (C=O) groups is 3. The van der Waals surface area contributed by atoms with E-state index in [1.807, 2.05) is 6.07 Å². The average Bonchev–Trinajstić information content (AvgIpc) is 2.74. The summed E-state index contributed by atoms with van der Waals surface area (Å²) in [6.45, 7) is 1.41. The lowest BCUT2D eigenvalue weighted by atomic mass is 10.2.